The van der Waals surface area contributed by atoms with E-state index in [4.69, 9.17) is 4.74 Å². The summed E-state index contributed by atoms with van der Waals surface area (Å²) < 4.78 is 8.35. The number of rotatable bonds is 5. The molecule has 1 atom stereocenters. The van der Waals surface area contributed by atoms with E-state index < -0.39 is 12.0 Å². The minimum atomic E-state index is -0.602. The molecular formula is C25H21BrN2O3S. The van der Waals surface area contributed by atoms with Gasteiger partial charge in [0.25, 0.3) is 5.56 Å². The number of thiazole rings is 1. The van der Waals surface area contributed by atoms with E-state index in [0.29, 0.717) is 20.6 Å². The van der Waals surface area contributed by atoms with E-state index in [1.54, 1.807) is 18.4 Å². The Morgan fingerprint density at radius 3 is 2.66 bits per heavy atom. The average molecular weight is 509 g/mol. The molecule has 0 saturated carbocycles. The maximum Gasteiger partial charge on any atom is 0.338 e. The van der Waals surface area contributed by atoms with Crippen LogP contribution in [-0.4, -0.2) is 17.1 Å². The van der Waals surface area contributed by atoms with Crippen LogP contribution in [0.3, 0.4) is 0 Å². The zero-order chi connectivity index (χ0) is 22.7. The summed E-state index contributed by atoms with van der Waals surface area (Å²) in [6.07, 6.45) is 5.62. The molecule has 0 spiro atoms. The van der Waals surface area contributed by atoms with Crippen molar-refractivity contribution in [3.63, 3.8) is 0 Å². The van der Waals surface area contributed by atoms with E-state index in [1.807, 2.05) is 72.8 Å². The van der Waals surface area contributed by atoms with Crippen molar-refractivity contribution in [2.45, 2.75) is 19.9 Å². The van der Waals surface area contributed by atoms with E-state index in [0.717, 1.165) is 15.6 Å². The van der Waals surface area contributed by atoms with Crippen LogP contribution in [0, 0.1) is 0 Å². The number of carbonyl (C=O) groups excluding carboxylic acids is 1. The van der Waals surface area contributed by atoms with Crippen molar-refractivity contribution >= 4 is 45.4 Å². The van der Waals surface area contributed by atoms with Crippen LogP contribution in [0.25, 0.3) is 12.2 Å². The SMILES string of the molecule is CCOC(=O)C1=C(C)N=c2s/c(=C\c3cccc(Br)c3)c(=O)n2C1/C=C/c1ccccc1. The van der Waals surface area contributed by atoms with Crippen LogP contribution < -0.4 is 14.9 Å². The first-order chi connectivity index (χ1) is 15.5. The number of esters is 1. The van der Waals surface area contributed by atoms with E-state index in [2.05, 4.69) is 20.9 Å². The molecule has 0 radical (unpaired) electrons. The highest BCUT2D eigenvalue weighted by Crippen LogP contribution is 2.26. The molecule has 3 aromatic rings. The molecule has 1 unspecified atom stereocenters. The van der Waals surface area contributed by atoms with E-state index >= 15 is 0 Å². The number of hydrogen-bond donors (Lipinski definition) is 0. The minimum absolute atomic E-state index is 0.189. The lowest BCUT2D eigenvalue weighted by molar-refractivity contribution is -0.139. The molecule has 1 aromatic heterocycles. The van der Waals surface area contributed by atoms with E-state index in [-0.39, 0.29) is 12.2 Å². The molecular weight excluding hydrogens is 488 g/mol. The standard InChI is InChI=1S/C25H21BrN2O3S/c1-3-31-24(30)22-16(2)27-25-28(20(22)13-12-17-8-5-4-6-9-17)23(29)21(32-25)15-18-10-7-11-19(26)14-18/h4-15,20H,3H2,1-2H3/b13-12+,21-15-. The number of halogens is 1. The van der Waals surface area contributed by atoms with E-state index in [1.165, 1.54) is 11.3 Å². The molecule has 1 aliphatic rings. The molecule has 0 saturated heterocycles. The summed E-state index contributed by atoms with van der Waals surface area (Å²) in [5, 5.41) is 0. The molecule has 7 heteroatoms. The van der Waals surface area contributed by atoms with Crippen molar-refractivity contribution in [1.29, 1.82) is 0 Å². The molecule has 1 aliphatic heterocycles. The maximum atomic E-state index is 13.4. The van der Waals surface area contributed by atoms with Crippen molar-refractivity contribution in [2.75, 3.05) is 6.61 Å². The molecule has 2 heterocycles. The molecule has 2 aromatic carbocycles. The second kappa shape index (κ2) is 9.63. The van der Waals surface area contributed by atoms with Gasteiger partial charge < -0.3 is 4.74 Å². The summed E-state index contributed by atoms with van der Waals surface area (Å²) in [5.74, 6) is -0.460. The third kappa shape index (κ3) is 4.59. The predicted molar refractivity (Wildman–Crippen MR) is 131 cm³/mol. The average Bonchev–Trinajstić information content (AvgIpc) is 3.07. The molecule has 0 aliphatic carbocycles. The molecule has 162 valence electrons. The first-order valence-electron chi connectivity index (χ1n) is 10.2. The van der Waals surface area contributed by atoms with Gasteiger partial charge in [-0.15, -0.1) is 0 Å². The highest BCUT2D eigenvalue weighted by Gasteiger charge is 2.30. The van der Waals surface area contributed by atoms with Gasteiger partial charge in [0.2, 0.25) is 0 Å². The van der Waals surface area contributed by atoms with Crippen molar-refractivity contribution < 1.29 is 9.53 Å². The lowest BCUT2D eigenvalue weighted by Crippen LogP contribution is -2.38. The quantitative estimate of drug-likeness (QED) is 0.484. The van der Waals surface area contributed by atoms with Gasteiger partial charge in [-0.05, 0) is 43.2 Å². The second-order valence-corrected chi connectivity index (χ2v) is 9.09. The predicted octanol–water partition coefficient (Wildman–Crippen LogP) is 4.23. The van der Waals surface area contributed by atoms with Crippen LogP contribution in [0.2, 0.25) is 0 Å². The first-order valence-corrected chi connectivity index (χ1v) is 11.8. The fourth-order valence-corrected chi connectivity index (χ4v) is 5.00. The van der Waals surface area contributed by atoms with Gasteiger partial charge in [0.05, 0.1) is 28.5 Å². The van der Waals surface area contributed by atoms with Crippen LogP contribution >= 0.6 is 27.3 Å². The molecule has 4 rings (SSSR count). The number of benzene rings is 2. The Balaban J connectivity index is 1.88. The molecule has 32 heavy (non-hydrogen) atoms. The van der Waals surface area contributed by atoms with Crippen LogP contribution in [0.5, 0.6) is 0 Å². The van der Waals surface area contributed by atoms with Gasteiger partial charge in [0.1, 0.15) is 0 Å². The van der Waals surface area contributed by atoms with Gasteiger partial charge in [0, 0.05) is 4.47 Å². The van der Waals surface area contributed by atoms with Crippen molar-refractivity contribution in [1.82, 2.24) is 4.57 Å². The normalized spacial score (nSPS) is 16.2. The third-order valence-electron chi connectivity index (χ3n) is 4.98. The molecule has 0 bridgehead atoms. The van der Waals surface area contributed by atoms with Gasteiger partial charge in [-0.25, -0.2) is 9.79 Å². The number of hydrogen-bond acceptors (Lipinski definition) is 5. The van der Waals surface area contributed by atoms with Crippen molar-refractivity contribution in [3.8, 4) is 0 Å². The molecule has 0 N–H and O–H groups in total. The Morgan fingerprint density at radius 1 is 1.19 bits per heavy atom. The highest BCUT2D eigenvalue weighted by atomic mass is 79.9. The first kappa shape index (κ1) is 22.2. The van der Waals surface area contributed by atoms with Gasteiger partial charge in [-0.1, -0.05) is 81.9 Å². The van der Waals surface area contributed by atoms with Crippen LogP contribution in [0.4, 0.5) is 0 Å². The molecule has 0 fully saturated rings. The zero-order valence-corrected chi connectivity index (χ0v) is 20.0. The van der Waals surface area contributed by atoms with Gasteiger partial charge in [-0.2, -0.15) is 0 Å². The maximum absolute atomic E-state index is 13.4. The number of allylic oxidation sites excluding steroid dienone is 2. The fourth-order valence-electron chi connectivity index (χ4n) is 3.53. The Morgan fingerprint density at radius 2 is 1.94 bits per heavy atom. The van der Waals surface area contributed by atoms with Gasteiger partial charge in [-0.3, -0.25) is 9.36 Å². The highest BCUT2D eigenvalue weighted by molar-refractivity contribution is 9.10. The number of ether oxygens (including phenoxy) is 1. The lowest BCUT2D eigenvalue weighted by atomic mass is 10.0. The van der Waals surface area contributed by atoms with Crippen LogP contribution in [0.15, 0.2) is 86.2 Å². The van der Waals surface area contributed by atoms with Crippen molar-refractivity contribution in [2.24, 2.45) is 4.99 Å². The smallest absolute Gasteiger partial charge is 0.338 e. The minimum Gasteiger partial charge on any atom is -0.463 e. The number of fused-ring (bicyclic) bond motifs is 1. The summed E-state index contributed by atoms with van der Waals surface area (Å²) in [5.41, 5.74) is 2.62. The Labute approximate surface area is 197 Å². The van der Waals surface area contributed by atoms with Gasteiger partial charge in [0.15, 0.2) is 4.80 Å². The third-order valence-corrected chi connectivity index (χ3v) is 6.45. The van der Waals surface area contributed by atoms with E-state index in [9.17, 15) is 9.59 Å². The lowest BCUT2D eigenvalue weighted by Gasteiger charge is -2.21. The zero-order valence-electron chi connectivity index (χ0n) is 17.6. The van der Waals surface area contributed by atoms with Crippen LogP contribution in [0.1, 0.15) is 31.0 Å². The Bertz CT molecular complexity index is 1400. The Kier molecular flexibility index (Phi) is 6.67. The second-order valence-electron chi connectivity index (χ2n) is 7.17. The molecule has 0 amide bonds. The number of carbonyl (C=O) groups is 1. The number of nitrogens with zero attached hydrogens (tertiary/aromatic N) is 2. The fraction of sp³-hybridized carbons (Fsp3) is 0.160. The summed E-state index contributed by atoms with van der Waals surface area (Å²) in [7, 11) is 0. The van der Waals surface area contributed by atoms with Crippen LogP contribution in [-0.2, 0) is 9.53 Å². The Hall–Kier alpha value is -3.03. The number of aromatic nitrogens is 1. The summed E-state index contributed by atoms with van der Waals surface area (Å²) in [6, 6.07) is 16.9. The summed E-state index contributed by atoms with van der Waals surface area (Å²) >= 11 is 4.78. The summed E-state index contributed by atoms with van der Waals surface area (Å²) in [6.45, 7) is 3.79. The summed E-state index contributed by atoms with van der Waals surface area (Å²) in [4.78, 5) is 31.3. The largest absolute Gasteiger partial charge is 0.463 e. The van der Waals surface area contributed by atoms with Crippen molar-refractivity contribution in [3.05, 3.63) is 107 Å². The monoisotopic (exact) mass is 508 g/mol. The molecule has 5 nitrogen and oxygen atoms in total. The topological polar surface area (TPSA) is 60.7 Å². The van der Waals surface area contributed by atoms with Gasteiger partial charge >= 0.3 is 5.97 Å².